The van der Waals surface area contributed by atoms with Crippen LogP contribution < -0.4 is 9.64 Å². The van der Waals surface area contributed by atoms with E-state index in [9.17, 15) is 4.79 Å². The zero-order chi connectivity index (χ0) is 18.1. The number of ether oxygens (including phenoxy) is 1. The Morgan fingerprint density at radius 2 is 2.00 bits per heavy atom. The predicted octanol–water partition coefficient (Wildman–Crippen LogP) is 3.87. The molecule has 0 fully saturated rings. The molecule has 0 saturated heterocycles. The molecule has 26 heavy (non-hydrogen) atoms. The van der Waals surface area contributed by atoms with Crippen LogP contribution in [0.4, 0.5) is 5.69 Å². The van der Waals surface area contributed by atoms with Crippen LogP contribution in [0, 0.1) is 0 Å². The molecular weight excluding hydrogens is 328 g/mol. The number of aromatic nitrogens is 1. The van der Waals surface area contributed by atoms with Crippen LogP contribution in [0.25, 0.3) is 11.3 Å². The lowest BCUT2D eigenvalue weighted by Gasteiger charge is -2.22. The first-order valence-corrected chi connectivity index (χ1v) is 8.65. The van der Waals surface area contributed by atoms with Crippen molar-refractivity contribution in [3.05, 3.63) is 65.9 Å². The van der Waals surface area contributed by atoms with Crippen molar-refractivity contribution in [2.24, 2.45) is 0 Å². The van der Waals surface area contributed by atoms with Crippen LogP contribution in [0.3, 0.4) is 0 Å². The fourth-order valence-corrected chi connectivity index (χ4v) is 3.47. The maximum absolute atomic E-state index is 12.8. The number of methoxy groups -OCH3 is 1. The van der Waals surface area contributed by atoms with E-state index in [4.69, 9.17) is 9.26 Å². The second kappa shape index (κ2) is 6.67. The van der Waals surface area contributed by atoms with E-state index in [1.54, 1.807) is 7.11 Å². The Balaban J connectivity index is 1.51. The predicted molar refractivity (Wildman–Crippen MR) is 99.3 cm³/mol. The molecule has 5 nitrogen and oxygen atoms in total. The molecule has 132 valence electrons. The molecule has 1 atom stereocenters. The standard InChI is InChI=1S/C21H20N2O3/c1-14-11-16-5-3-4-6-19(16)23(14)21(24)13-17-12-20(26-22-17)15-7-9-18(25-2)10-8-15/h3-10,12,14H,11,13H2,1-2H3. The van der Waals surface area contributed by atoms with E-state index in [0.717, 1.165) is 23.4 Å². The fourth-order valence-electron chi connectivity index (χ4n) is 3.47. The summed E-state index contributed by atoms with van der Waals surface area (Å²) in [5.74, 6) is 1.47. The normalized spacial score (nSPS) is 15.8. The van der Waals surface area contributed by atoms with Gasteiger partial charge in [-0.05, 0) is 49.2 Å². The SMILES string of the molecule is COc1ccc(-c2cc(CC(=O)N3c4ccccc4CC3C)no2)cc1. The first-order chi connectivity index (χ1) is 12.7. The van der Waals surface area contributed by atoms with Crippen molar-refractivity contribution in [3.63, 3.8) is 0 Å². The molecule has 1 amide bonds. The van der Waals surface area contributed by atoms with Crippen LogP contribution in [0.15, 0.2) is 59.1 Å². The molecule has 0 N–H and O–H groups in total. The highest BCUT2D eigenvalue weighted by atomic mass is 16.5. The zero-order valence-electron chi connectivity index (χ0n) is 14.8. The number of amides is 1. The van der Waals surface area contributed by atoms with Gasteiger partial charge in [0.1, 0.15) is 5.75 Å². The van der Waals surface area contributed by atoms with Crippen LogP contribution in [0.2, 0.25) is 0 Å². The van der Waals surface area contributed by atoms with Crippen molar-refractivity contribution in [1.82, 2.24) is 5.16 Å². The van der Waals surface area contributed by atoms with Gasteiger partial charge in [0.15, 0.2) is 5.76 Å². The van der Waals surface area contributed by atoms with E-state index >= 15 is 0 Å². The van der Waals surface area contributed by atoms with E-state index in [0.29, 0.717) is 11.5 Å². The van der Waals surface area contributed by atoms with E-state index in [2.05, 4.69) is 18.1 Å². The minimum atomic E-state index is 0.0389. The van der Waals surface area contributed by atoms with Crippen molar-refractivity contribution in [1.29, 1.82) is 0 Å². The molecule has 5 heteroatoms. The fraction of sp³-hybridized carbons (Fsp3) is 0.238. The van der Waals surface area contributed by atoms with Crippen LogP contribution in [0.1, 0.15) is 18.2 Å². The number of anilines is 1. The summed E-state index contributed by atoms with van der Waals surface area (Å²) < 4.78 is 10.6. The maximum Gasteiger partial charge on any atom is 0.233 e. The average molecular weight is 348 g/mol. The van der Waals surface area contributed by atoms with Gasteiger partial charge >= 0.3 is 0 Å². The number of hydrogen-bond acceptors (Lipinski definition) is 4. The summed E-state index contributed by atoms with van der Waals surface area (Å²) in [5.41, 5.74) is 3.76. The monoisotopic (exact) mass is 348 g/mol. The summed E-state index contributed by atoms with van der Waals surface area (Å²) in [7, 11) is 1.63. The number of rotatable bonds is 4. The Labute approximate surface area is 152 Å². The van der Waals surface area contributed by atoms with Gasteiger partial charge in [0.05, 0.1) is 19.2 Å². The van der Waals surface area contributed by atoms with Gasteiger partial charge in [0, 0.05) is 23.4 Å². The molecule has 1 aliphatic heterocycles. The lowest BCUT2D eigenvalue weighted by molar-refractivity contribution is -0.118. The van der Waals surface area contributed by atoms with Crippen LogP contribution >= 0.6 is 0 Å². The molecular formula is C21H20N2O3. The Morgan fingerprint density at radius 3 is 2.77 bits per heavy atom. The van der Waals surface area contributed by atoms with Gasteiger partial charge in [0.2, 0.25) is 5.91 Å². The van der Waals surface area contributed by atoms with Crippen molar-refractivity contribution < 1.29 is 14.1 Å². The molecule has 1 unspecified atom stereocenters. The summed E-state index contributed by atoms with van der Waals surface area (Å²) in [6.45, 7) is 2.07. The molecule has 0 bridgehead atoms. The van der Waals surface area contributed by atoms with Crippen LogP contribution in [-0.4, -0.2) is 24.2 Å². The molecule has 2 heterocycles. The highest BCUT2D eigenvalue weighted by Gasteiger charge is 2.30. The molecule has 0 aliphatic carbocycles. The van der Waals surface area contributed by atoms with Gasteiger partial charge in [-0.2, -0.15) is 0 Å². The number of hydrogen-bond donors (Lipinski definition) is 0. The molecule has 0 radical (unpaired) electrons. The molecule has 1 aliphatic rings. The Bertz CT molecular complexity index is 930. The average Bonchev–Trinajstić information content (AvgIpc) is 3.25. The van der Waals surface area contributed by atoms with Crippen molar-refractivity contribution in [2.75, 3.05) is 12.0 Å². The summed E-state index contributed by atoms with van der Waals surface area (Å²) in [5, 5.41) is 4.07. The third kappa shape index (κ3) is 2.96. The molecule has 1 aromatic heterocycles. The van der Waals surface area contributed by atoms with Gasteiger partial charge < -0.3 is 14.2 Å². The first kappa shape index (κ1) is 16.4. The van der Waals surface area contributed by atoms with E-state index in [1.165, 1.54) is 5.56 Å². The third-order valence-electron chi connectivity index (χ3n) is 4.74. The Kier molecular flexibility index (Phi) is 4.21. The smallest absolute Gasteiger partial charge is 0.233 e. The Hall–Kier alpha value is -3.08. The third-order valence-corrected chi connectivity index (χ3v) is 4.74. The molecule has 0 saturated carbocycles. The van der Waals surface area contributed by atoms with Gasteiger partial charge in [-0.1, -0.05) is 23.4 Å². The quantitative estimate of drug-likeness (QED) is 0.718. The van der Waals surface area contributed by atoms with Crippen LogP contribution in [-0.2, 0) is 17.6 Å². The molecule has 0 spiro atoms. The lowest BCUT2D eigenvalue weighted by atomic mass is 10.1. The second-order valence-electron chi connectivity index (χ2n) is 6.53. The molecule has 4 rings (SSSR count). The summed E-state index contributed by atoms with van der Waals surface area (Å²) in [6.07, 6.45) is 1.11. The summed E-state index contributed by atoms with van der Waals surface area (Å²) in [4.78, 5) is 14.7. The highest BCUT2D eigenvalue weighted by molar-refractivity contribution is 5.97. The van der Waals surface area contributed by atoms with Crippen LogP contribution in [0.5, 0.6) is 5.75 Å². The van der Waals surface area contributed by atoms with Crippen molar-refractivity contribution in [2.45, 2.75) is 25.8 Å². The topological polar surface area (TPSA) is 55.6 Å². The number of nitrogens with zero attached hydrogens (tertiary/aromatic N) is 2. The van der Waals surface area contributed by atoms with Gasteiger partial charge in [-0.25, -0.2) is 0 Å². The first-order valence-electron chi connectivity index (χ1n) is 8.65. The lowest BCUT2D eigenvalue weighted by Crippen LogP contribution is -2.36. The molecule has 2 aromatic carbocycles. The minimum absolute atomic E-state index is 0.0389. The van der Waals surface area contributed by atoms with Crippen molar-refractivity contribution in [3.8, 4) is 17.1 Å². The van der Waals surface area contributed by atoms with Gasteiger partial charge in [-0.3, -0.25) is 4.79 Å². The van der Waals surface area contributed by atoms with E-state index in [1.807, 2.05) is 53.4 Å². The van der Waals surface area contributed by atoms with Crippen molar-refractivity contribution >= 4 is 11.6 Å². The highest BCUT2D eigenvalue weighted by Crippen LogP contribution is 2.32. The number of carbonyl (C=O) groups excluding carboxylic acids is 1. The summed E-state index contributed by atoms with van der Waals surface area (Å²) >= 11 is 0. The number of fused-ring (bicyclic) bond motifs is 1. The second-order valence-corrected chi connectivity index (χ2v) is 6.53. The summed E-state index contributed by atoms with van der Waals surface area (Å²) in [6, 6.07) is 17.6. The number of benzene rings is 2. The molecule has 3 aromatic rings. The number of carbonyl (C=O) groups is 1. The maximum atomic E-state index is 12.8. The number of para-hydroxylation sites is 1. The Morgan fingerprint density at radius 1 is 1.23 bits per heavy atom. The minimum Gasteiger partial charge on any atom is -0.497 e. The van der Waals surface area contributed by atoms with E-state index in [-0.39, 0.29) is 18.4 Å². The van der Waals surface area contributed by atoms with Gasteiger partial charge in [0.25, 0.3) is 0 Å². The van der Waals surface area contributed by atoms with E-state index < -0.39 is 0 Å². The zero-order valence-corrected chi connectivity index (χ0v) is 14.8. The largest absolute Gasteiger partial charge is 0.497 e. The van der Waals surface area contributed by atoms with Gasteiger partial charge in [-0.15, -0.1) is 0 Å².